The molecule has 1 N–H and O–H groups in total. The third-order valence-electron chi connectivity index (χ3n) is 5.24. The number of hydrogen-bond donors (Lipinski definition) is 1. The predicted molar refractivity (Wildman–Crippen MR) is 84.2 cm³/mol. The van der Waals surface area contributed by atoms with Crippen molar-refractivity contribution in [2.45, 2.75) is 38.1 Å². The van der Waals surface area contributed by atoms with Crippen LogP contribution in [0.25, 0.3) is 0 Å². The number of amides is 1. The minimum atomic E-state index is -1.21. The second-order valence-electron chi connectivity index (χ2n) is 6.65. The summed E-state index contributed by atoms with van der Waals surface area (Å²) in [6.45, 7) is 3.61. The summed E-state index contributed by atoms with van der Waals surface area (Å²) in [6, 6.07) is 6.81. The zero-order chi connectivity index (χ0) is 16.2. The van der Waals surface area contributed by atoms with Crippen LogP contribution >= 0.6 is 0 Å². The van der Waals surface area contributed by atoms with E-state index < -0.39 is 5.97 Å². The molecule has 1 aliphatic carbocycles. The highest BCUT2D eigenvalue weighted by Crippen LogP contribution is 2.16. The summed E-state index contributed by atoms with van der Waals surface area (Å²) in [5, 5.41) is 10.8. The van der Waals surface area contributed by atoms with Gasteiger partial charge in [0.05, 0.1) is 38.2 Å². The van der Waals surface area contributed by atoms with E-state index >= 15 is 0 Å². The quantitative estimate of drug-likeness (QED) is 0.834. The molecule has 5 nitrogen and oxygen atoms in total. The second kappa shape index (κ2) is 7.13. The zero-order valence-corrected chi connectivity index (χ0v) is 13.4. The molecule has 0 radical (unpaired) electrons. The number of piperazine rings is 1. The van der Waals surface area contributed by atoms with Gasteiger partial charge in [0.25, 0.3) is 5.91 Å². The molecule has 1 amide bonds. The fourth-order valence-electron chi connectivity index (χ4n) is 3.85. The van der Waals surface area contributed by atoms with E-state index in [0.29, 0.717) is 5.56 Å². The van der Waals surface area contributed by atoms with Gasteiger partial charge in [-0.25, -0.2) is 0 Å². The van der Waals surface area contributed by atoms with Crippen molar-refractivity contribution in [3.63, 3.8) is 0 Å². The number of nitrogens with zero attached hydrogens (tertiary/aromatic N) is 1. The molecule has 1 heterocycles. The number of aromatic carboxylic acids is 1. The lowest BCUT2D eigenvalue weighted by atomic mass is 9.94. The molecule has 0 aromatic heterocycles. The average molecular weight is 316 g/mol. The number of carboxylic acids is 1. The Balaban J connectivity index is 1.56. The molecule has 0 bridgehead atoms. The van der Waals surface area contributed by atoms with Gasteiger partial charge in [0, 0.05) is 5.56 Å². The van der Waals surface area contributed by atoms with E-state index in [-0.39, 0.29) is 11.5 Å². The lowest BCUT2D eigenvalue weighted by molar-refractivity contribution is -0.930. The zero-order valence-electron chi connectivity index (χ0n) is 13.4. The van der Waals surface area contributed by atoms with Crippen LogP contribution in [-0.4, -0.2) is 49.0 Å². The van der Waals surface area contributed by atoms with Crippen LogP contribution in [-0.2, 0) is 0 Å². The van der Waals surface area contributed by atoms with Gasteiger partial charge in [-0.2, -0.15) is 0 Å². The standard InChI is InChI=1S/C18H24N2O3/c21-17(14-6-8-15(9-7-14)18(22)23)20-12-10-19(11-13-20)16-4-2-1-3-5-16/h6-9,16H,1-5,10-13H2,(H,22,23). The van der Waals surface area contributed by atoms with Gasteiger partial charge in [-0.3, -0.25) is 4.79 Å². The van der Waals surface area contributed by atoms with Gasteiger partial charge >= 0.3 is 0 Å². The van der Waals surface area contributed by atoms with Crippen molar-refractivity contribution in [1.29, 1.82) is 0 Å². The van der Waals surface area contributed by atoms with Gasteiger partial charge in [0.15, 0.2) is 0 Å². The van der Waals surface area contributed by atoms with E-state index in [1.54, 1.807) is 17.0 Å². The maximum absolute atomic E-state index is 12.5. The number of carbonyl (C=O) groups is 2. The van der Waals surface area contributed by atoms with Gasteiger partial charge in [0.1, 0.15) is 0 Å². The Kier molecular flexibility index (Phi) is 4.96. The van der Waals surface area contributed by atoms with Crippen molar-refractivity contribution in [2.75, 3.05) is 26.2 Å². The molecule has 3 rings (SSSR count). The minimum absolute atomic E-state index is 0.00223. The molecule has 0 atom stereocenters. The molecule has 0 unspecified atom stereocenters. The van der Waals surface area contributed by atoms with Crippen LogP contribution in [0.15, 0.2) is 24.3 Å². The molecular formula is C18H24N2O3. The fraction of sp³-hybridized carbons (Fsp3) is 0.556. The van der Waals surface area contributed by atoms with E-state index in [4.69, 9.17) is 0 Å². The average Bonchev–Trinajstić information content (AvgIpc) is 2.62. The molecule has 1 aromatic carbocycles. The van der Waals surface area contributed by atoms with E-state index in [2.05, 4.69) is 0 Å². The smallest absolute Gasteiger partial charge is 0.254 e. The summed E-state index contributed by atoms with van der Waals surface area (Å²) in [4.78, 5) is 26.8. The Bertz CT molecular complexity index is 556. The number of hydrogen-bond acceptors (Lipinski definition) is 3. The van der Waals surface area contributed by atoms with Gasteiger partial charge in [-0.05, 0) is 43.4 Å². The number of rotatable bonds is 3. The summed E-state index contributed by atoms with van der Waals surface area (Å²) in [5.41, 5.74) is 0.657. The van der Waals surface area contributed by atoms with Crippen molar-refractivity contribution in [2.24, 2.45) is 0 Å². The topological polar surface area (TPSA) is 64.9 Å². The molecule has 1 aromatic rings. The monoisotopic (exact) mass is 316 g/mol. The van der Waals surface area contributed by atoms with Gasteiger partial charge in [0.2, 0.25) is 0 Å². The highest BCUT2D eigenvalue weighted by Gasteiger charge is 2.30. The van der Waals surface area contributed by atoms with Crippen molar-refractivity contribution in [3.05, 3.63) is 35.4 Å². The molecule has 2 aliphatic rings. The summed E-state index contributed by atoms with van der Waals surface area (Å²) in [6.07, 6.45) is 6.72. The van der Waals surface area contributed by atoms with Crippen LogP contribution < -0.4 is 10.0 Å². The fourth-order valence-corrected chi connectivity index (χ4v) is 3.85. The molecular weight excluding hydrogens is 292 g/mol. The SMILES string of the molecule is O=C([O-])c1ccc(C(=O)N2CC[NH+](C3CCCCC3)CC2)cc1. The first-order valence-corrected chi connectivity index (χ1v) is 8.60. The van der Waals surface area contributed by atoms with Crippen LogP contribution in [0.2, 0.25) is 0 Å². The summed E-state index contributed by atoms with van der Waals surface area (Å²) < 4.78 is 0. The number of benzene rings is 1. The first-order chi connectivity index (χ1) is 11.1. The lowest BCUT2D eigenvalue weighted by Crippen LogP contribution is -3.18. The van der Waals surface area contributed by atoms with Crippen molar-refractivity contribution < 1.29 is 19.6 Å². The highest BCUT2D eigenvalue weighted by molar-refractivity contribution is 5.95. The summed E-state index contributed by atoms with van der Waals surface area (Å²) in [7, 11) is 0. The van der Waals surface area contributed by atoms with Crippen molar-refractivity contribution >= 4 is 11.9 Å². The Morgan fingerprint density at radius 1 is 0.957 bits per heavy atom. The Labute approximate surface area is 136 Å². The third kappa shape index (κ3) is 3.72. The number of quaternary nitrogens is 1. The van der Waals surface area contributed by atoms with Crippen LogP contribution in [0, 0.1) is 0 Å². The predicted octanol–water partition coefficient (Wildman–Crippen LogP) is -0.276. The van der Waals surface area contributed by atoms with Gasteiger partial charge in [-0.1, -0.05) is 18.6 Å². The molecule has 0 spiro atoms. The van der Waals surface area contributed by atoms with Crippen LogP contribution in [0.1, 0.15) is 52.8 Å². The first-order valence-electron chi connectivity index (χ1n) is 8.60. The Morgan fingerprint density at radius 3 is 2.09 bits per heavy atom. The van der Waals surface area contributed by atoms with E-state index in [0.717, 1.165) is 32.2 Å². The van der Waals surface area contributed by atoms with Crippen molar-refractivity contribution in [3.8, 4) is 0 Å². The number of carbonyl (C=O) groups excluding carboxylic acids is 2. The van der Waals surface area contributed by atoms with Crippen LogP contribution in [0.5, 0.6) is 0 Å². The molecule has 2 fully saturated rings. The van der Waals surface area contributed by atoms with Crippen LogP contribution in [0.4, 0.5) is 0 Å². The minimum Gasteiger partial charge on any atom is -0.545 e. The maximum atomic E-state index is 12.5. The molecule has 1 aliphatic heterocycles. The Morgan fingerprint density at radius 2 is 1.52 bits per heavy atom. The van der Waals surface area contributed by atoms with Crippen molar-refractivity contribution in [1.82, 2.24) is 4.90 Å². The molecule has 1 saturated heterocycles. The van der Waals surface area contributed by atoms with E-state index in [9.17, 15) is 14.7 Å². The largest absolute Gasteiger partial charge is 0.545 e. The maximum Gasteiger partial charge on any atom is 0.254 e. The molecule has 1 saturated carbocycles. The molecule has 5 heteroatoms. The second-order valence-corrected chi connectivity index (χ2v) is 6.65. The summed E-state index contributed by atoms with van der Waals surface area (Å²) in [5.74, 6) is -1.22. The molecule has 124 valence electrons. The normalized spacial score (nSPS) is 20.4. The van der Waals surface area contributed by atoms with E-state index in [1.807, 2.05) is 4.90 Å². The summed E-state index contributed by atoms with van der Waals surface area (Å²) >= 11 is 0. The molecule has 23 heavy (non-hydrogen) atoms. The third-order valence-corrected chi connectivity index (χ3v) is 5.24. The number of carboxylic acid groups (broad SMARTS) is 1. The number of nitrogens with one attached hydrogen (secondary N) is 1. The van der Waals surface area contributed by atoms with Crippen LogP contribution in [0.3, 0.4) is 0 Å². The lowest BCUT2D eigenvalue weighted by Gasteiger charge is -2.38. The Hall–Kier alpha value is -1.88. The van der Waals surface area contributed by atoms with E-state index in [1.165, 1.54) is 44.2 Å². The van der Waals surface area contributed by atoms with Gasteiger partial charge in [-0.15, -0.1) is 0 Å². The first kappa shape index (κ1) is 16.0. The van der Waals surface area contributed by atoms with Gasteiger partial charge < -0.3 is 19.7 Å². The highest BCUT2D eigenvalue weighted by atomic mass is 16.4.